The van der Waals surface area contributed by atoms with Gasteiger partial charge < -0.3 is 37.9 Å². The summed E-state index contributed by atoms with van der Waals surface area (Å²) in [7, 11) is 0. The van der Waals surface area contributed by atoms with Gasteiger partial charge in [-0.2, -0.15) is 0 Å². The number of hydrogen-bond donors (Lipinski definition) is 0. The molecule has 4 aliphatic rings. The third-order valence-corrected chi connectivity index (χ3v) is 8.24. The van der Waals surface area contributed by atoms with Gasteiger partial charge in [0.2, 0.25) is 0 Å². The standard InChI is InChI=1S/C29H48O10/c1-5-7-8-9-14-29(6-2)35-20-22(37-29)26-25-21-19-34-27(3,36-21)15-12-23(30)32-17-10-11-18-33-24(31)13-16-28(4,38-25)39-26/h21-22,25-26H,5-20H2,1-4H3. The number of carbonyl (C=O) groups is 2. The molecule has 0 aromatic heterocycles. The van der Waals surface area contributed by atoms with Gasteiger partial charge in [-0.25, -0.2) is 0 Å². The number of carbonyl (C=O) groups excluding carboxylic acids is 2. The van der Waals surface area contributed by atoms with E-state index in [1.54, 1.807) is 0 Å². The van der Waals surface area contributed by atoms with Gasteiger partial charge in [-0.05, 0) is 39.5 Å². The van der Waals surface area contributed by atoms with Crippen LogP contribution in [0.2, 0.25) is 0 Å². The minimum Gasteiger partial charge on any atom is -0.466 e. The van der Waals surface area contributed by atoms with Crippen molar-refractivity contribution in [3.8, 4) is 0 Å². The summed E-state index contributed by atoms with van der Waals surface area (Å²) in [5.74, 6) is -3.21. The average Bonchev–Trinajstić information content (AvgIpc) is 3.62. The third kappa shape index (κ3) is 8.14. The molecule has 4 rings (SSSR count). The normalized spacial score (nSPS) is 40.6. The highest BCUT2D eigenvalue weighted by Gasteiger charge is 2.57. The molecule has 0 aliphatic carbocycles. The predicted molar refractivity (Wildman–Crippen MR) is 140 cm³/mol. The Bertz CT molecular complexity index is 822. The van der Waals surface area contributed by atoms with Crippen molar-refractivity contribution >= 4 is 11.9 Å². The number of ether oxygens (including phenoxy) is 8. The van der Waals surface area contributed by atoms with Crippen molar-refractivity contribution in [1.29, 1.82) is 0 Å². The lowest BCUT2D eigenvalue weighted by atomic mass is 10.0. The monoisotopic (exact) mass is 556 g/mol. The molecule has 10 heteroatoms. The molecular formula is C29H48O10. The highest BCUT2D eigenvalue weighted by molar-refractivity contribution is 5.69. The van der Waals surface area contributed by atoms with E-state index in [9.17, 15) is 9.59 Å². The Morgan fingerprint density at radius 1 is 0.718 bits per heavy atom. The summed E-state index contributed by atoms with van der Waals surface area (Å²) in [6, 6.07) is 0. The van der Waals surface area contributed by atoms with Crippen molar-refractivity contribution in [2.45, 2.75) is 147 Å². The first kappa shape index (κ1) is 30.7. The Kier molecular flexibility index (Phi) is 10.7. The first-order chi connectivity index (χ1) is 18.7. The van der Waals surface area contributed by atoms with E-state index in [4.69, 9.17) is 37.9 Å². The van der Waals surface area contributed by atoms with Gasteiger partial charge in [0, 0.05) is 19.3 Å². The van der Waals surface area contributed by atoms with Crippen LogP contribution in [0.15, 0.2) is 0 Å². The summed E-state index contributed by atoms with van der Waals surface area (Å²) in [5, 5.41) is 0. The lowest BCUT2D eigenvalue weighted by Crippen LogP contribution is -2.46. The van der Waals surface area contributed by atoms with E-state index >= 15 is 0 Å². The zero-order chi connectivity index (χ0) is 27.9. The maximum absolute atomic E-state index is 12.4. The predicted octanol–water partition coefficient (Wildman–Crippen LogP) is 4.55. The lowest BCUT2D eigenvalue weighted by Gasteiger charge is -2.30. The Morgan fingerprint density at radius 2 is 1.31 bits per heavy atom. The summed E-state index contributed by atoms with van der Waals surface area (Å²) in [6.45, 7) is 9.23. The van der Waals surface area contributed by atoms with Crippen LogP contribution in [0.4, 0.5) is 0 Å². The van der Waals surface area contributed by atoms with Crippen LogP contribution in [0.5, 0.6) is 0 Å². The van der Waals surface area contributed by atoms with Gasteiger partial charge in [-0.3, -0.25) is 9.59 Å². The van der Waals surface area contributed by atoms with Crippen molar-refractivity contribution < 1.29 is 47.5 Å². The van der Waals surface area contributed by atoms with Crippen molar-refractivity contribution in [2.75, 3.05) is 26.4 Å². The number of cyclic esters (lactones) is 2. The van der Waals surface area contributed by atoms with Crippen LogP contribution < -0.4 is 0 Å². The number of unbranched alkanes of at least 4 members (excludes halogenated alkanes) is 3. The highest BCUT2D eigenvalue weighted by atomic mass is 16.8. The molecule has 4 heterocycles. The van der Waals surface area contributed by atoms with E-state index in [0.717, 1.165) is 25.7 Å². The smallest absolute Gasteiger partial charge is 0.305 e. The van der Waals surface area contributed by atoms with E-state index < -0.39 is 35.7 Å². The van der Waals surface area contributed by atoms with Crippen LogP contribution in [0.1, 0.15) is 105 Å². The Hall–Kier alpha value is -1.30. The van der Waals surface area contributed by atoms with Crippen molar-refractivity contribution in [3.63, 3.8) is 0 Å². The number of fused-ring (bicyclic) bond motifs is 5. The molecule has 0 saturated carbocycles. The minimum atomic E-state index is -1.02. The zero-order valence-electron chi connectivity index (χ0n) is 24.2. The molecule has 0 radical (unpaired) electrons. The third-order valence-electron chi connectivity index (χ3n) is 8.24. The minimum absolute atomic E-state index is 0.156. The largest absolute Gasteiger partial charge is 0.466 e. The maximum Gasteiger partial charge on any atom is 0.305 e. The fourth-order valence-electron chi connectivity index (χ4n) is 5.80. The second-order valence-corrected chi connectivity index (χ2v) is 11.6. The van der Waals surface area contributed by atoms with Crippen LogP contribution >= 0.6 is 0 Å². The van der Waals surface area contributed by atoms with Gasteiger partial charge in [-0.1, -0.05) is 33.1 Å². The van der Waals surface area contributed by atoms with E-state index in [1.165, 1.54) is 12.8 Å². The van der Waals surface area contributed by atoms with Gasteiger partial charge in [0.1, 0.15) is 24.4 Å². The Balaban J connectivity index is 1.48. The lowest BCUT2D eigenvalue weighted by molar-refractivity contribution is -0.202. The maximum atomic E-state index is 12.4. The summed E-state index contributed by atoms with van der Waals surface area (Å²) < 4.78 is 49.1. The molecule has 7 atom stereocenters. The van der Waals surface area contributed by atoms with Crippen LogP contribution in [0, 0.1) is 0 Å². The van der Waals surface area contributed by atoms with E-state index in [-0.39, 0.29) is 44.1 Å². The molecule has 0 N–H and O–H groups in total. The highest BCUT2D eigenvalue weighted by Crippen LogP contribution is 2.44. The summed E-state index contributed by atoms with van der Waals surface area (Å²) in [4.78, 5) is 24.7. The van der Waals surface area contributed by atoms with Gasteiger partial charge in [0.05, 0.1) is 39.3 Å². The Labute approximate surface area is 232 Å². The fraction of sp³-hybridized carbons (Fsp3) is 0.931. The van der Waals surface area contributed by atoms with E-state index in [0.29, 0.717) is 38.9 Å². The Morgan fingerprint density at radius 3 is 1.92 bits per heavy atom. The molecule has 4 bridgehead atoms. The van der Waals surface area contributed by atoms with Gasteiger partial charge in [0.15, 0.2) is 17.4 Å². The second-order valence-electron chi connectivity index (χ2n) is 11.6. The van der Waals surface area contributed by atoms with Crippen LogP contribution in [-0.4, -0.2) is 80.1 Å². The molecule has 39 heavy (non-hydrogen) atoms. The van der Waals surface area contributed by atoms with Crippen LogP contribution in [0.3, 0.4) is 0 Å². The molecule has 0 spiro atoms. The summed E-state index contributed by atoms with van der Waals surface area (Å²) in [6.07, 6.45) is 6.66. The van der Waals surface area contributed by atoms with Crippen molar-refractivity contribution in [1.82, 2.24) is 0 Å². The van der Waals surface area contributed by atoms with E-state index in [1.807, 2.05) is 13.8 Å². The quantitative estimate of drug-likeness (QED) is 0.327. The second kappa shape index (κ2) is 13.6. The van der Waals surface area contributed by atoms with E-state index in [2.05, 4.69) is 13.8 Å². The number of rotatable bonds is 7. The van der Waals surface area contributed by atoms with Gasteiger partial charge in [0.25, 0.3) is 0 Å². The van der Waals surface area contributed by atoms with Gasteiger partial charge in [-0.15, -0.1) is 0 Å². The first-order valence-corrected chi connectivity index (χ1v) is 15.0. The molecule has 224 valence electrons. The molecule has 0 amide bonds. The zero-order valence-corrected chi connectivity index (χ0v) is 24.2. The van der Waals surface area contributed by atoms with Gasteiger partial charge >= 0.3 is 11.9 Å². The molecular weight excluding hydrogens is 508 g/mol. The van der Waals surface area contributed by atoms with Crippen LogP contribution in [0.25, 0.3) is 0 Å². The topological polar surface area (TPSA) is 108 Å². The molecule has 4 fully saturated rings. The first-order valence-electron chi connectivity index (χ1n) is 15.0. The number of esters is 2. The average molecular weight is 557 g/mol. The molecule has 10 nitrogen and oxygen atoms in total. The molecule has 7 unspecified atom stereocenters. The van der Waals surface area contributed by atoms with Crippen molar-refractivity contribution in [3.05, 3.63) is 0 Å². The molecule has 0 aromatic rings. The summed E-state index contributed by atoms with van der Waals surface area (Å²) >= 11 is 0. The SMILES string of the molecule is CCCCCCC1(CC)OCC(C2OC3(C)CCC(=O)OCCCCOC(=O)CCC4(C)OCC(O4)C2O3)O1. The molecule has 0 aromatic carbocycles. The molecule has 4 saturated heterocycles. The fourth-order valence-corrected chi connectivity index (χ4v) is 5.80. The summed E-state index contributed by atoms with van der Waals surface area (Å²) in [5.41, 5.74) is 0. The van der Waals surface area contributed by atoms with Crippen LogP contribution in [-0.2, 0) is 47.5 Å². The van der Waals surface area contributed by atoms with Crippen molar-refractivity contribution in [2.24, 2.45) is 0 Å². The molecule has 4 aliphatic heterocycles. The number of hydrogen-bond acceptors (Lipinski definition) is 10.